The van der Waals surface area contributed by atoms with Gasteiger partial charge in [0.15, 0.2) is 11.6 Å². The van der Waals surface area contributed by atoms with Crippen LogP contribution in [0.4, 0.5) is 10.9 Å². The van der Waals surface area contributed by atoms with Gasteiger partial charge in [-0.1, -0.05) is 0 Å². The zero-order valence-corrected chi connectivity index (χ0v) is 15.3. The number of nitrogens with zero attached hydrogens (tertiary/aromatic N) is 4. The van der Waals surface area contributed by atoms with Gasteiger partial charge in [0.05, 0.1) is 19.4 Å². The summed E-state index contributed by atoms with van der Waals surface area (Å²) in [6, 6.07) is 5.43. The number of aliphatic hydroxyl groups is 2. The Labute approximate surface area is 158 Å². The van der Waals surface area contributed by atoms with E-state index in [0.29, 0.717) is 40.4 Å². The van der Waals surface area contributed by atoms with Crippen LogP contribution in [0.5, 0.6) is 11.5 Å². The number of nitrogens with one attached hydrogen (secondary N) is 1. The summed E-state index contributed by atoms with van der Waals surface area (Å²) in [5, 5.41) is 21.6. The fourth-order valence-corrected chi connectivity index (χ4v) is 3.24. The minimum Gasteiger partial charge on any atom is -0.452 e. The molecular formula is C16H17N5O3S2. The van der Waals surface area contributed by atoms with Crippen LogP contribution in [0.1, 0.15) is 5.82 Å². The zero-order chi connectivity index (χ0) is 18.2. The van der Waals surface area contributed by atoms with Crippen molar-refractivity contribution < 1.29 is 14.9 Å². The second-order valence-corrected chi connectivity index (χ2v) is 6.92. The van der Waals surface area contributed by atoms with Crippen molar-refractivity contribution in [1.82, 2.24) is 19.3 Å². The number of thioether (sulfide) groups is 1. The van der Waals surface area contributed by atoms with Crippen LogP contribution in [-0.4, -0.2) is 48.5 Å². The van der Waals surface area contributed by atoms with Crippen molar-refractivity contribution in [2.75, 3.05) is 24.3 Å². The van der Waals surface area contributed by atoms with E-state index in [2.05, 4.69) is 24.6 Å². The summed E-state index contributed by atoms with van der Waals surface area (Å²) in [5.41, 5.74) is 0. The quantitative estimate of drug-likeness (QED) is 0.473. The molecule has 0 saturated carbocycles. The number of ether oxygens (including phenoxy) is 1. The van der Waals surface area contributed by atoms with E-state index in [9.17, 15) is 0 Å². The average molecular weight is 391 g/mol. The first kappa shape index (κ1) is 18.5. The first-order chi connectivity index (χ1) is 12.8. The highest BCUT2D eigenvalue weighted by atomic mass is 32.2. The Morgan fingerprint density at radius 1 is 1.23 bits per heavy atom. The van der Waals surface area contributed by atoms with E-state index in [1.165, 1.54) is 23.3 Å². The van der Waals surface area contributed by atoms with E-state index < -0.39 is 0 Å². The topological polar surface area (TPSA) is 113 Å². The van der Waals surface area contributed by atoms with Gasteiger partial charge >= 0.3 is 0 Å². The van der Waals surface area contributed by atoms with Crippen molar-refractivity contribution in [1.29, 1.82) is 0 Å². The number of pyridine rings is 2. The van der Waals surface area contributed by atoms with E-state index in [0.717, 1.165) is 4.90 Å². The molecule has 3 N–H and O–H groups in total. The molecule has 0 fully saturated rings. The minimum atomic E-state index is 0.000564. The highest BCUT2D eigenvalue weighted by Gasteiger charge is 2.12. The molecule has 8 nitrogen and oxygen atoms in total. The van der Waals surface area contributed by atoms with Gasteiger partial charge in [-0.05, 0) is 18.2 Å². The Morgan fingerprint density at radius 2 is 2.15 bits per heavy atom. The van der Waals surface area contributed by atoms with Crippen LogP contribution in [0.2, 0.25) is 0 Å². The molecule has 3 rings (SSSR count). The van der Waals surface area contributed by atoms with Gasteiger partial charge in [0, 0.05) is 41.0 Å². The molecule has 0 unspecified atom stereocenters. The van der Waals surface area contributed by atoms with Crippen molar-refractivity contribution in [3.05, 3.63) is 42.6 Å². The fourth-order valence-electron chi connectivity index (χ4n) is 1.98. The van der Waals surface area contributed by atoms with Crippen molar-refractivity contribution in [3.63, 3.8) is 0 Å². The van der Waals surface area contributed by atoms with Crippen molar-refractivity contribution in [3.8, 4) is 11.5 Å². The monoisotopic (exact) mass is 391 g/mol. The van der Waals surface area contributed by atoms with Crippen molar-refractivity contribution in [2.24, 2.45) is 0 Å². The third-order valence-electron chi connectivity index (χ3n) is 3.08. The van der Waals surface area contributed by atoms with Crippen LogP contribution >= 0.6 is 23.3 Å². The Morgan fingerprint density at radius 3 is 2.92 bits per heavy atom. The average Bonchev–Trinajstić information content (AvgIpc) is 3.10. The van der Waals surface area contributed by atoms with E-state index in [4.69, 9.17) is 14.9 Å². The first-order valence-corrected chi connectivity index (χ1v) is 9.56. The highest BCUT2D eigenvalue weighted by Crippen LogP contribution is 2.33. The summed E-state index contributed by atoms with van der Waals surface area (Å²) in [4.78, 5) is 13.6. The Bertz CT molecular complexity index is 832. The van der Waals surface area contributed by atoms with E-state index >= 15 is 0 Å². The first-order valence-electron chi connectivity index (χ1n) is 7.80. The van der Waals surface area contributed by atoms with E-state index in [-0.39, 0.29) is 13.2 Å². The SMILES string of the molecule is OCCSc1cnc(Nc2nc(CCO)ns2)c(Oc2cccnc2)c1. The molecule has 0 aliphatic carbocycles. The van der Waals surface area contributed by atoms with Gasteiger partial charge in [0.25, 0.3) is 0 Å². The van der Waals surface area contributed by atoms with Crippen LogP contribution < -0.4 is 10.1 Å². The summed E-state index contributed by atoms with van der Waals surface area (Å²) in [5.74, 6) is 2.74. The second-order valence-electron chi connectivity index (χ2n) is 4.99. The number of aromatic nitrogens is 4. The largest absolute Gasteiger partial charge is 0.452 e. The smallest absolute Gasteiger partial charge is 0.208 e. The van der Waals surface area contributed by atoms with Gasteiger partial charge in [0.1, 0.15) is 11.6 Å². The molecule has 0 aliphatic heterocycles. The number of anilines is 2. The Kier molecular flexibility index (Phi) is 6.72. The zero-order valence-electron chi connectivity index (χ0n) is 13.7. The molecule has 0 saturated heterocycles. The second kappa shape index (κ2) is 9.43. The number of rotatable bonds is 9. The molecule has 0 radical (unpaired) electrons. The molecule has 136 valence electrons. The van der Waals surface area contributed by atoms with Crippen LogP contribution in [0, 0.1) is 0 Å². The molecule has 0 atom stereocenters. The van der Waals surface area contributed by atoms with Gasteiger partial charge < -0.3 is 20.3 Å². The highest BCUT2D eigenvalue weighted by molar-refractivity contribution is 7.99. The molecule has 0 amide bonds. The molecule has 0 spiro atoms. The standard InChI is InChI=1S/C16H17N5O3S2/c22-5-3-14-19-16(26-21-14)20-15-13(24-11-2-1-4-17-9-11)8-12(10-18-15)25-7-6-23/h1-2,4,8-10,22-23H,3,5-7H2,(H,18,19,20,21). The van der Waals surface area contributed by atoms with Gasteiger partial charge in [-0.15, -0.1) is 11.8 Å². The number of aliphatic hydroxyl groups excluding tert-OH is 2. The van der Waals surface area contributed by atoms with Crippen LogP contribution in [0.15, 0.2) is 41.7 Å². The van der Waals surface area contributed by atoms with Gasteiger partial charge in [0.2, 0.25) is 5.13 Å². The fraction of sp³-hybridized carbons (Fsp3) is 0.250. The lowest BCUT2D eigenvalue weighted by Crippen LogP contribution is -1.99. The molecule has 3 aromatic heterocycles. The molecule has 10 heteroatoms. The molecule has 0 aliphatic rings. The van der Waals surface area contributed by atoms with Crippen LogP contribution in [0.25, 0.3) is 0 Å². The Balaban J connectivity index is 1.84. The molecular weight excluding hydrogens is 374 g/mol. The molecule has 3 aromatic rings. The molecule has 26 heavy (non-hydrogen) atoms. The maximum Gasteiger partial charge on any atom is 0.208 e. The van der Waals surface area contributed by atoms with Gasteiger partial charge in [-0.25, -0.2) is 9.97 Å². The minimum absolute atomic E-state index is 0.000564. The summed E-state index contributed by atoms with van der Waals surface area (Å²) < 4.78 is 10.1. The van der Waals surface area contributed by atoms with Crippen molar-refractivity contribution in [2.45, 2.75) is 11.3 Å². The lowest BCUT2D eigenvalue weighted by molar-refractivity contribution is 0.297. The lowest BCUT2D eigenvalue weighted by Gasteiger charge is -2.12. The number of hydrogen-bond donors (Lipinski definition) is 3. The molecule has 3 heterocycles. The predicted octanol–water partition coefficient (Wildman–Crippen LogP) is 2.48. The summed E-state index contributed by atoms with van der Waals surface area (Å²) in [7, 11) is 0. The Hall–Kier alpha value is -2.27. The molecule has 0 aromatic carbocycles. The van der Waals surface area contributed by atoms with Crippen LogP contribution in [0.3, 0.4) is 0 Å². The lowest BCUT2D eigenvalue weighted by atomic mass is 10.4. The summed E-state index contributed by atoms with van der Waals surface area (Å²) >= 11 is 2.67. The summed E-state index contributed by atoms with van der Waals surface area (Å²) in [6.07, 6.45) is 5.39. The van der Waals surface area contributed by atoms with E-state index in [1.54, 1.807) is 30.7 Å². The number of hydrogen-bond acceptors (Lipinski definition) is 10. The maximum atomic E-state index is 9.00. The van der Waals surface area contributed by atoms with Crippen molar-refractivity contribution >= 4 is 34.2 Å². The van der Waals surface area contributed by atoms with Gasteiger partial charge in [-0.3, -0.25) is 4.98 Å². The third kappa shape index (κ3) is 5.11. The normalized spacial score (nSPS) is 10.7. The third-order valence-corrected chi connectivity index (χ3v) is 4.69. The molecule has 0 bridgehead atoms. The summed E-state index contributed by atoms with van der Waals surface area (Å²) in [6.45, 7) is 0.0858. The maximum absolute atomic E-state index is 9.00. The van der Waals surface area contributed by atoms with Gasteiger partial charge in [-0.2, -0.15) is 4.37 Å². The predicted molar refractivity (Wildman–Crippen MR) is 100 cm³/mol. The van der Waals surface area contributed by atoms with Crippen LogP contribution in [-0.2, 0) is 6.42 Å². The van der Waals surface area contributed by atoms with E-state index in [1.807, 2.05) is 6.07 Å².